The number of amides is 2. The number of hydrogen-bond acceptors (Lipinski definition) is 6. The molecule has 3 rings (SSSR count). The monoisotopic (exact) mass is 449 g/mol. The minimum atomic E-state index is -4.60. The molecule has 0 saturated carbocycles. The number of imide groups is 1. The number of β-amino-alcohol motifs (C(OH)–C–C–N with tert-alkyl or cyclic N) is 1. The third kappa shape index (κ3) is 5.25. The molecule has 2 amide bonds. The summed E-state index contributed by atoms with van der Waals surface area (Å²) in [6, 6.07) is 1.82. The van der Waals surface area contributed by atoms with Gasteiger partial charge in [0.2, 0.25) is 0 Å². The summed E-state index contributed by atoms with van der Waals surface area (Å²) >= 11 is 6.91. The smallest absolute Gasteiger partial charge is 0.395 e. The highest BCUT2D eigenvalue weighted by atomic mass is 35.5. The van der Waals surface area contributed by atoms with Crippen LogP contribution in [0.4, 0.5) is 23.7 Å². The fraction of sp³-hybridized carbons (Fsp3) is 0.444. The summed E-state index contributed by atoms with van der Waals surface area (Å²) in [5, 5.41) is 10.6. The van der Waals surface area contributed by atoms with Crippen molar-refractivity contribution >= 4 is 46.3 Å². The number of nitrogens with zero attached hydrogens (tertiary/aromatic N) is 2. The number of aliphatic hydroxyl groups excluding tert-OH is 1. The third-order valence-corrected chi connectivity index (χ3v) is 5.77. The third-order valence-electron chi connectivity index (χ3n) is 4.67. The maximum atomic E-state index is 13.3. The lowest BCUT2D eigenvalue weighted by atomic mass is 10.1. The first-order valence-corrected chi connectivity index (χ1v) is 10.1. The highest BCUT2D eigenvalue weighted by molar-refractivity contribution is 8.18. The van der Waals surface area contributed by atoms with Crippen molar-refractivity contribution in [3.8, 4) is 0 Å². The van der Waals surface area contributed by atoms with Gasteiger partial charge in [-0.1, -0.05) is 11.6 Å². The SMILES string of the molecule is O=C1NC(=O)C(=Cc2cc(C(F)(F)F)cc(Cl)c2N2CCCN(CCO)CC2)S1. The van der Waals surface area contributed by atoms with Crippen LogP contribution in [0.1, 0.15) is 17.5 Å². The van der Waals surface area contributed by atoms with E-state index in [1.807, 2.05) is 4.90 Å². The van der Waals surface area contributed by atoms with E-state index in [-0.39, 0.29) is 22.1 Å². The van der Waals surface area contributed by atoms with Crippen LogP contribution >= 0.6 is 23.4 Å². The van der Waals surface area contributed by atoms with Gasteiger partial charge in [0.25, 0.3) is 11.1 Å². The van der Waals surface area contributed by atoms with Crippen molar-refractivity contribution in [3.63, 3.8) is 0 Å². The molecule has 158 valence electrons. The highest BCUT2D eigenvalue weighted by Gasteiger charge is 2.33. The molecule has 1 aromatic carbocycles. The van der Waals surface area contributed by atoms with Crippen molar-refractivity contribution in [1.82, 2.24) is 10.2 Å². The van der Waals surface area contributed by atoms with Gasteiger partial charge in [0.15, 0.2) is 0 Å². The lowest BCUT2D eigenvalue weighted by Gasteiger charge is -2.27. The molecular weight excluding hydrogens is 431 g/mol. The van der Waals surface area contributed by atoms with Gasteiger partial charge < -0.3 is 10.0 Å². The van der Waals surface area contributed by atoms with Gasteiger partial charge in [-0.15, -0.1) is 0 Å². The van der Waals surface area contributed by atoms with Crippen LogP contribution in [0.15, 0.2) is 17.0 Å². The number of carbonyl (C=O) groups is 2. The van der Waals surface area contributed by atoms with E-state index in [1.54, 1.807) is 0 Å². The molecule has 0 bridgehead atoms. The number of thioether (sulfide) groups is 1. The van der Waals surface area contributed by atoms with E-state index in [2.05, 4.69) is 10.2 Å². The van der Waals surface area contributed by atoms with Crippen molar-refractivity contribution in [2.75, 3.05) is 44.2 Å². The summed E-state index contributed by atoms with van der Waals surface area (Å²) in [6.07, 6.45) is -2.59. The first-order chi connectivity index (χ1) is 13.7. The Morgan fingerprint density at radius 2 is 1.97 bits per heavy atom. The molecule has 0 atom stereocenters. The van der Waals surface area contributed by atoms with E-state index in [4.69, 9.17) is 16.7 Å². The maximum Gasteiger partial charge on any atom is 0.416 e. The first kappa shape index (κ1) is 21.9. The predicted molar refractivity (Wildman–Crippen MR) is 106 cm³/mol. The number of nitrogens with one attached hydrogen (secondary N) is 1. The van der Waals surface area contributed by atoms with Crippen molar-refractivity contribution in [2.24, 2.45) is 0 Å². The van der Waals surface area contributed by atoms with Gasteiger partial charge in [-0.25, -0.2) is 0 Å². The Labute approximate surface area is 174 Å². The van der Waals surface area contributed by atoms with Crippen molar-refractivity contribution in [2.45, 2.75) is 12.6 Å². The van der Waals surface area contributed by atoms with Crippen LogP contribution in [-0.4, -0.2) is 60.5 Å². The molecule has 2 heterocycles. The van der Waals surface area contributed by atoms with E-state index in [0.717, 1.165) is 25.1 Å². The van der Waals surface area contributed by atoms with Crippen LogP contribution in [0, 0.1) is 0 Å². The summed E-state index contributed by atoms with van der Waals surface area (Å²) in [5.74, 6) is -0.649. The predicted octanol–water partition coefficient (Wildman–Crippen LogP) is 3.19. The summed E-state index contributed by atoms with van der Waals surface area (Å²) in [4.78, 5) is 27.3. The lowest BCUT2D eigenvalue weighted by Crippen LogP contribution is -2.32. The van der Waals surface area contributed by atoms with Crippen LogP contribution in [0.5, 0.6) is 0 Å². The second-order valence-electron chi connectivity index (χ2n) is 6.65. The summed E-state index contributed by atoms with van der Waals surface area (Å²) < 4.78 is 39.9. The van der Waals surface area contributed by atoms with Crippen molar-refractivity contribution in [3.05, 3.63) is 33.2 Å². The minimum absolute atomic E-state index is 0.0170. The molecule has 6 nitrogen and oxygen atoms in total. The average molecular weight is 450 g/mol. The normalized spacial score (nSPS) is 20.3. The molecule has 2 fully saturated rings. The molecule has 1 aromatic rings. The van der Waals surface area contributed by atoms with Crippen LogP contribution in [0.3, 0.4) is 0 Å². The van der Waals surface area contributed by atoms with Gasteiger partial charge in [0, 0.05) is 31.7 Å². The van der Waals surface area contributed by atoms with E-state index in [9.17, 15) is 22.8 Å². The lowest BCUT2D eigenvalue weighted by molar-refractivity contribution is -0.137. The van der Waals surface area contributed by atoms with E-state index >= 15 is 0 Å². The van der Waals surface area contributed by atoms with Gasteiger partial charge in [-0.05, 0) is 42.9 Å². The first-order valence-electron chi connectivity index (χ1n) is 8.93. The molecule has 0 aliphatic carbocycles. The zero-order valence-corrected chi connectivity index (χ0v) is 16.8. The largest absolute Gasteiger partial charge is 0.416 e. The minimum Gasteiger partial charge on any atom is -0.395 e. The molecule has 11 heteroatoms. The van der Waals surface area contributed by atoms with Gasteiger partial charge in [-0.2, -0.15) is 13.2 Å². The fourth-order valence-corrected chi connectivity index (χ4v) is 4.37. The summed E-state index contributed by atoms with van der Waals surface area (Å²) in [6.45, 7) is 2.96. The number of rotatable bonds is 4. The Balaban J connectivity index is 2.02. The molecular formula is C18H19ClF3N3O3S. The Morgan fingerprint density at radius 1 is 1.21 bits per heavy atom. The van der Waals surface area contributed by atoms with Crippen LogP contribution in [-0.2, 0) is 11.0 Å². The number of hydrogen-bond donors (Lipinski definition) is 2. The highest BCUT2D eigenvalue weighted by Crippen LogP contribution is 2.40. The molecule has 2 aliphatic rings. The summed E-state index contributed by atoms with van der Waals surface area (Å²) in [7, 11) is 0. The maximum absolute atomic E-state index is 13.3. The second-order valence-corrected chi connectivity index (χ2v) is 8.07. The quantitative estimate of drug-likeness (QED) is 0.688. The Morgan fingerprint density at radius 3 is 2.59 bits per heavy atom. The number of anilines is 1. The van der Waals surface area contributed by atoms with Crippen LogP contribution < -0.4 is 10.2 Å². The molecule has 2 aliphatic heterocycles. The Bertz CT molecular complexity index is 848. The standard InChI is InChI=1S/C18H19ClF3N3O3S/c19-13-10-12(18(20,21)22)8-11(9-14-16(27)23-17(28)29-14)15(13)25-3-1-2-24(4-5-25)6-7-26/h8-10,26H,1-7H2,(H,23,27,28). The molecule has 0 spiro atoms. The Kier molecular flexibility index (Phi) is 6.77. The molecule has 2 saturated heterocycles. The molecule has 0 unspecified atom stereocenters. The van der Waals surface area contributed by atoms with Gasteiger partial charge in [0.1, 0.15) is 0 Å². The molecule has 0 radical (unpaired) electrons. The van der Waals surface area contributed by atoms with Crippen molar-refractivity contribution in [1.29, 1.82) is 0 Å². The Hall–Kier alpha value is -1.75. The fourth-order valence-electron chi connectivity index (χ4n) is 3.35. The molecule has 0 aromatic heterocycles. The van der Waals surface area contributed by atoms with Crippen molar-refractivity contribution < 1.29 is 27.9 Å². The van der Waals surface area contributed by atoms with Gasteiger partial charge in [-0.3, -0.25) is 19.8 Å². The van der Waals surface area contributed by atoms with E-state index in [1.165, 1.54) is 6.08 Å². The zero-order chi connectivity index (χ0) is 21.2. The molecule has 2 N–H and O–H groups in total. The van der Waals surface area contributed by atoms with Gasteiger partial charge in [0.05, 0.1) is 27.8 Å². The van der Waals surface area contributed by atoms with Crippen LogP contribution in [0.25, 0.3) is 6.08 Å². The number of carbonyl (C=O) groups excluding carboxylic acids is 2. The number of alkyl halides is 3. The second kappa shape index (κ2) is 8.95. The molecule has 29 heavy (non-hydrogen) atoms. The number of aliphatic hydroxyl groups is 1. The van der Waals surface area contributed by atoms with E-state index in [0.29, 0.717) is 43.6 Å². The topological polar surface area (TPSA) is 72.9 Å². The van der Waals surface area contributed by atoms with E-state index < -0.39 is 22.9 Å². The van der Waals surface area contributed by atoms with Crippen LogP contribution in [0.2, 0.25) is 5.02 Å². The number of benzene rings is 1. The summed E-state index contributed by atoms with van der Waals surface area (Å²) in [5.41, 5.74) is -0.400. The number of halogens is 4. The zero-order valence-electron chi connectivity index (χ0n) is 15.3. The van der Waals surface area contributed by atoms with Gasteiger partial charge >= 0.3 is 6.18 Å². The average Bonchev–Trinajstić information content (AvgIpc) is 2.80.